The molecule has 2 amide bonds. The fourth-order valence-electron chi connectivity index (χ4n) is 3.41. The van der Waals surface area contributed by atoms with Gasteiger partial charge in [0, 0.05) is 51.2 Å². The molecule has 8 heteroatoms. The van der Waals surface area contributed by atoms with E-state index >= 15 is 0 Å². The van der Waals surface area contributed by atoms with Crippen molar-refractivity contribution >= 4 is 23.8 Å². The molecule has 1 saturated heterocycles. The maximum absolute atomic E-state index is 12.9. The van der Waals surface area contributed by atoms with Crippen molar-refractivity contribution < 1.29 is 28.7 Å². The summed E-state index contributed by atoms with van der Waals surface area (Å²) in [5.41, 5.74) is 0.847. The number of esters is 2. The standard InChI is InChI=1S/C23H24N2O6/c1-16(26)30-20-8-3-6-18(14-20)22(28)24-10-5-11-25(13-12-24)23(29)19-7-4-9-21(15-19)31-17(2)27/h3-4,6-9,14-15H,5,10-13H2,1-2H3. The van der Waals surface area contributed by atoms with Gasteiger partial charge in [0.1, 0.15) is 11.5 Å². The lowest BCUT2D eigenvalue weighted by Crippen LogP contribution is -2.37. The van der Waals surface area contributed by atoms with Gasteiger partial charge in [-0.25, -0.2) is 0 Å². The number of ether oxygens (including phenoxy) is 2. The smallest absolute Gasteiger partial charge is 0.308 e. The minimum Gasteiger partial charge on any atom is -0.427 e. The molecule has 0 unspecified atom stereocenters. The first kappa shape index (κ1) is 22.0. The normalized spacial score (nSPS) is 13.9. The van der Waals surface area contributed by atoms with Crippen molar-refractivity contribution in [3.63, 3.8) is 0 Å². The highest BCUT2D eigenvalue weighted by Crippen LogP contribution is 2.19. The Balaban J connectivity index is 1.66. The molecule has 162 valence electrons. The van der Waals surface area contributed by atoms with Crippen LogP contribution in [0.25, 0.3) is 0 Å². The molecule has 0 radical (unpaired) electrons. The maximum Gasteiger partial charge on any atom is 0.308 e. The van der Waals surface area contributed by atoms with E-state index in [0.29, 0.717) is 55.2 Å². The van der Waals surface area contributed by atoms with Crippen LogP contribution in [0.5, 0.6) is 11.5 Å². The zero-order valence-corrected chi connectivity index (χ0v) is 17.5. The lowest BCUT2D eigenvalue weighted by atomic mass is 10.2. The van der Waals surface area contributed by atoms with E-state index in [2.05, 4.69) is 0 Å². The summed E-state index contributed by atoms with van der Waals surface area (Å²) in [7, 11) is 0. The summed E-state index contributed by atoms with van der Waals surface area (Å²) in [5, 5.41) is 0. The summed E-state index contributed by atoms with van der Waals surface area (Å²) in [5.74, 6) is -0.631. The first-order chi connectivity index (χ1) is 14.8. The molecule has 0 N–H and O–H groups in total. The number of amides is 2. The maximum atomic E-state index is 12.9. The fourth-order valence-corrected chi connectivity index (χ4v) is 3.41. The molecule has 8 nitrogen and oxygen atoms in total. The van der Waals surface area contributed by atoms with Gasteiger partial charge in [0.2, 0.25) is 0 Å². The highest BCUT2D eigenvalue weighted by atomic mass is 16.5. The zero-order valence-electron chi connectivity index (χ0n) is 17.5. The summed E-state index contributed by atoms with van der Waals surface area (Å²) in [6, 6.07) is 13.0. The van der Waals surface area contributed by atoms with Gasteiger partial charge in [0.15, 0.2) is 0 Å². The number of nitrogens with zero attached hydrogens (tertiary/aromatic N) is 2. The van der Waals surface area contributed by atoms with E-state index in [4.69, 9.17) is 9.47 Å². The second-order valence-corrected chi connectivity index (χ2v) is 7.18. The van der Waals surface area contributed by atoms with Crippen LogP contribution in [-0.2, 0) is 9.59 Å². The molecule has 0 atom stereocenters. The molecule has 2 aromatic carbocycles. The number of rotatable bonds is 4. The third-order valence-corrected chi connectivity index (χ3v) is 4.76. The summed E-state index contributed by atoms with van der Waals surface area (Å²) < 4.78 is 10.1. The Kier molecular flexibility index (Phi) is 7.02. The van der Waals surface area contributed by atoms with Gasteiger partial charge in [-0.05, 0) is 42.8 Å². The van der Waals surface area contributed by atoms with E-state index in [1.54, 1.807) is 46.2 Å². The highest BCUT2D eigenvalue weighted by Gasteiger charge is 2.24. The van der Waals surface area contributed by atoms with Crippen molar-refractivity contribution in [2.75, 3.05) is 26.2 Å². The molecular formula is C23H24N2O6. The minimum absolute atomic E-state index is 0.180. The average molecular weight is 424 g/mol. The lowest BCUT2D eigenvalue weighted by Gasteiger charge is -2.22. The molecule has 1 aliphatic rings. The van der Waals surface area contributed by atoms with E-state index in [1.807, 2.05) is 0 Å². The van der Waals surface area contributed by atoms with E-state index in [1.165, 1.54) is 26.0 Å². The van der Waals surface area contributed by atoms with Crippen LogP contribution in [0.2, 0.25) is 0 Å². The lowest BCUT2D eigenvalue weighted by molar-refractivity contribution is -0.132. The Bertz CT molecular complexity index is 924. The Morgan fingerprint density at radius 3 is 1.48 bits per heavy atom. The van der Waals surface area contributed by atoms with Crippen LogP contribution in [0.15, 0.2) is 48.5 Å². The number of carbonyl (C=O) groups excluding carboxylic acids is 4. The quantitative estimate of drug-likeness (QED) is 0.553. The molecule has 1 fully saturated rings. The number of hydrogen-bond donors (Lipinski definition) is 0. The molecular weight excluding hydrogens is 400 g/mol. The summed E-state index contributed by atoms with van der Waals surface area (Å²) >= 11 is 0. The van der Waals surface area contributed by atoms with Crippen molar-refractivity contribution in [2.45, 2.75) is 20.3 Å². The van der Waals surface area contributed by atoms with Gasteiger partial charge in [0.25, 0.3) is 11.8 Å². The first-order valence-electron chi connectivity index (χ1n) is 9.99. The van der Waals surface area contributed by atoms with Gasteiger partial charge in [0.05, 0.1) is 0 Å². The third kappa shape index (κ3) is 5.91. The summed E-state index contributed by atoms with van der Waals surface area (Å²) in [6.45, 7) is 4.38. The molecule has 2 aromatic rings. The molecule has 1 heterocycles. The monoisotopic (exact) mass is 424 g/mol. The topological polar surface area (TPSA) is 93.2 Å². The van der Waals surface area contributed by atoms with E-state index < -0.39 is 11.9 Å². The van der Waals surface area contributed by atoms with Crippen molar-refractivity contribution in [1.29, 1.82) is 0 Å². The van der Waals surface area contributed by atoms with Crippen molar-refractivity contribution in [3.8, 4) is 11.5 Å². The predicted molar refractivity (Wildman–Crippen MR) is 112 cm³/mol. The van der Waals surface area contributed by atoms with Gasteiger partial charge in [-0.1, -0.05) is 12.1 Å². The zero-order chi connectivity index (χ0) is 22.4. The van der Waals surface area contributed by atoms with Gasteiger partial charge < -0.3 is 19.3 Å². The van der Waals surface area contributed by atoms with Crippen LogP contribution in [0, 0.1) is 0 Å². The Morgan fingerprint density at radius 2 is 1.10 bits per heavy atom. The largest absolute Gasteiger partial charge is 0.427 e. The highest BCUT2D eigenvalue weighted by molar-refractivity contribution is 5.96. The van der Waals surface area contributed by atoms with Gasteiger partial charge in [-0.2, -0.15) is 0 Å². The second-order valence-electron chi connectivity index (χ2n) is 7.18. The minimum atomic E-state index is -0.453. The van der Waals surface area contributed by atoms with Crippen molar-refractivity contribution in [3.05, 3.63) is 59.7 Å². The van der Waals surface area contributed by atoms with Crippen LogP contribution in [0.1, 0.15) is 41.0 Å². The molecule has 0 aliphatic carbocycles. The van der Waals surface area contributed by atoms with Crippen LogP contribution in [0.3, 0.4) is 0 Å². The molecule has 1 aliphatic heterocycles. The van der Waals surface area contributed by atoms with Crippen LogP contribution in [-0.4, -0.2) is 59.7 Å². The summed E-state index contributed by atoms with van der Waals surface area (Å²) in [6.07, 6.45) is 0.630. The molecule has 0 bridgehead atoms. The third-order valence-electron chi connectivity index (χ3n) is 4.76. The Labute approximate surface area is 180 Å². The molecule has 0 aromatic heterocycles. The molecule has 3 rings (SSSR count). The van der Waals surface area contributed by atoms with Crippen LogP contribution >= 0.6 is 0 Å². The average Bonchev–Trinajstić information content (AvgIpc) is 2.98. The number of carbonyl (C=O) groups is 4. The molecule has 31 heavy (non-hydrogen) atoms. The SMILES string of the molecule is CC(=O)Oc1cccc(C(=O)N2CCCN(C(=O)c3cccc(OC(C)=O)c3)CC2)c1. The molecule has 0 spiro atoms. The van der Waals surface area contributed by atoms with Gasteiger partial charge >= 0.3 is 11.9 Å². The van der Waals surface area contributed by atoms with Crippen LogP contribution in [0.4, 0.5) is 0 Å². The van der Waals surface area contributed by atoms with Crippen molar-refractivity contribution in [2.24, 2.45) is 0 Å². The number of benzene rings is 2. The van der Waals surface area contributed by atoms with Gasteiger partial charge in [-0.15, -0.1) is 0 Å². The van der Waals surface area contributed by atoms with Crippen LogP contribution < -0.4 is 9.47 Å². The van der Waals surface area contributed by atoms with E-state index in [0.717, 1.165) is 0 Å². The predicted octanol–water partition coefficient (Wildman–Crippen LogP) is 2.53. The molecule has 0 saturated carbocycles. The summed E-state index contributed by atoms with van der Waals surface area (Å²) in [4.78, 5) is 51.5. The first-order valence-corrected chi connectivity index (χ1v) is 9.99. The Morgan fingerprint density at radius 1 is 0.677 bits per heavy atom. The van der Waals surface area contributed by atoms with E-state index in [9.17, 15) is 19.2 Å². The van der Waals surface area contributed by atoms with Crippen molar-refractivity contribution in [1.82, 2.24) is 9.80 Å². The second kappa shape index (κ2) is 9.88. The number of hydrogen-bond acceptors (Lipinski definition) is 6. The fraction of sp³-hybridized carbons (Fsp3) is 0.304. The van der Waals surface area contributed by atoms with E-state index in [-0.39, 0.29) is 11.8 Å². The van der Waals surface area contributed by atoms with Gasteiger partial charge in [-0.3, -0.25) is 19.2 Å². The Hall–Kier alpha value is -3.68.